The lowest BCUT2D eigenvalue weighted by molar-refractivity contribution is 0.438. The molecule has 0 bridgehead atoms. The smallest absolute Gasteiger partial charge is 0.263 e. The lowest BCUT2D eigenvalue weighted by atomic mass is 9.95. The SMILES string of the molecule is Cc1nn(C)c(Cl)c1S(=O)(=O)N(c1ccccc1)C1CCCCC1. The Hall–Kier alpha value is -1.53. The fourth-order valence-electron chi connectivity index (χ4n) is 3.44. The van der Waals surface area contributed by atoms with Crippen molar-refractivity contribution in [3.8, 4) is 0 Å². The minimum Gasteiger partial charge on any atom is -0.263 e. The monoisotopic (exact) mass is 367 g/mol. The van der Waals surface area contributed by atoms with Crippen LogP contribution in [0.5, 0.6) is 0 Å². The summed E-state index contributed by atoms with van der Waals surface area (Å²) in [6.07, 6.45) is 4.98. The molecular weight excluding hydrogens is 346 g/mol. The van der Waals surface area contributed by atoms with E-state index in [1.54, 1.807) is 18.3 Å². The molecule has 0 aliphatic heterocycles. The average Bonchev–Trinajstić information content (AvgIpc) is 2.82. The third kappa shape index (κ3) is 3.05. The van der Waals surface area contributed by atoms with Gasteiger partial charge in [0, 0.05) is 13.1 Å². The molecule has 7 heteroatoms. The zero-order chi connectivity index (χ0) is 17.3. The van der Waals surface area contributed by atoms with Crippen LogP contribution >= 0.6 is 11.6 Å². The highest BCUT2D eigenvalue weighted by molar-refractivity contribution is 7.93. The van der Waals surface area contributed by atoms with E-state index in [9.17, 15) is 8.42 Å². The highest BCUT2D eigenvalue weighted by atomic mass is 35.5. The van der Waals surface area contributed by atoms with Crippen molar-refractivity contribution in [3.63, 3.8) is 0 Å². The van der Waals surface area contributed by atoms with E-state index >= 15 is 0 Å². The second-order valence-electron chi connectivity index (χ2n) is 6.26. The number of sulfonamides is 1. The van der Waals surface area contributed by atoms with E-state index < -0.39 is 10.0 Å². The first kappa shape index (κ1) is 17.3. The zero-order valence-electron chi connectivity index (χ0n) is 13.9. The van der Waals surface area contributed by atoms with Gasteiger partial charge in [-0.3, -0.25) is 8.99 Å². The minimum atomic E-state index is -3.78. The molecule has 0 unspecified atom stereocenters. The summed E-state index contributed by atoms with van der Waals surface area (Å²) in [7, 11) is -2.12. The molecule has 0 atom stereocenters. The molecule has 0 N–H and O–H groups in total. The maximum Gasteiger partial charge on any atom is 0.269 e. The average molecular weight is 368 g/mol. The summed E-state index contributed by atoms with van der Waals surface area (Å²) in [5.74, 6) is 0. The Morgan fingerprint density at radius 3 is 2.33 bits per heavy atom. The number of hydrogen-bond donors (Lipinski definition) is 0. The van der Waals surface area contributed by atoms with Gasteiger partial charge >= 0.3 is 0 Å². The molecule has 0 saturated heterocycles. The van der Waals surface area contributed by atoms with Gasteiger partial charge in [-0.05, 0) is 31.9 Å². The molecule has 3 rings (SSSR count). The van der Waals surface area contributed by atoms with Crippen LogP contribution in [0.3, 0.4) is 0 Å². The fraction of sp³-hybridized carbons (Fsp3) is 0.471. The first-order valence-corrected chi connectivity index (χ1v) is 10.0. The maximum absolute atomic E-state index is 13.5. The largest absolute Gasteiger partial charge is 0.269 e. The molecule has 0 radical (unpaired) electrons. The highest BCUT2D eigenvalue weighted by Crippen LogP contribution is 2.35. The van der Waals surface area contributed by atoms with Crippen molar-refractivity contribution >= 4 is 27.3 Å². The van der Waals surface area contributed by atoms with Gasteiger partial charge in [0.25, 0.3) is 10.0 Å². The topological polar surface area (TPSA) is 55.2 Å². The van der Waals surface area contributed by atoms with Gasteiger partial charge < -0.3 is 0 Å². The van der Waals surface area contributed by atoms with Crippen molar-refractivity contribution in [3.05, 3.63) is 41.2 Å². The van der Waals surface area contributed by atoms with Crippen LogP contribution < -0.4 is 4.31 Å². The summed E-state index contributed by atoms with van der Waals surface area (Å²) < 4.78 is 29.9. The summed E-state index contributed by atoms with van der Waals surface area (Å²) in [6.45, 7) is 1.68. The molecular formula is C17H22ClN3O2S. The van der Waals surface area contributed by atoms with Gasteiger partial charge in [0.2, 0.25) is 0 Å². The summed E-state index contributed by atoms with van der Waals surface area (Å²) in [6, 6.07) is 9.24. The fourth-order valence-corrected chi connectivity index (χ4v) is 5.86. The molecule has 5 nitrogen and oxygen atoms in total. The van der Waals surface area contributed by atoms with Crippen LogP contribution in [0.2, 0.25) is 5.15 Å². The van der Waals surface area contributed by atoms with Crippen LogP contribution in [0.1, 0.15) is 37.8 Å². The number of para-hydroxylation sites is 1. The van der Waals surface area contributed by atoms with E-state index in [-0.39, 0.29) is 16.1 Å². The van der Waals surface area contributed by atoms with Gasteiger partial charge in [0.1, 0.15) is 10.0 Å². The number of benzene rings is 1. The lowest BCUT2D eigenvalue weighted by Gasteiger charge is -2.35. The van der Waals surface area contributed by atoms with Crippen LogP contribution in [0.25, 0.3) is 0 Å². The second-order valence-corrected chi connectivity index (χ2v) is 8.37. The van der Waals surface area contributed by atoms with Crippen molar-refractivity contribution in [1.82, 2.24) is 9.78 Å². The van der Waals surface area contributed by atoms with Gasteiger partial charge in [-0.1, -0.05) is 49.1 Å². The number of anilines is 1. The molecule has 130 valence electrons. The van der Waals surface area contributed by atoms with E-state index in [0.717, 1.165) is 32.1 Å². The Balaban J connectivity index is 2.13. The van der Waals surface area contributed by atoms with Gasteiger partial charge in [-0.2, -0.15) is 5.10 Å². The third-order valence-corrected chi connectivity index (χ3v) is 7.11. The highest BCUT2D eigenvalue weighted by Gasteiger charge is 2.36. The lowest BCUT2D eigenvalue weighted by Crippen LogP contribution is -2.41. The van der Waals surface area contributed by atoms with Crippen LogP contribution in [-0.4, -0.2) is 24.2 Å². The van der Waals surface area contributed by atoms with Crippen LogP contribution in [0, 0.1) is 6.92 Å². The predicted molar refractivity (Wildman–Crippen MR) is 95.9 cm³/mol. The van der Waals surface area contributed by atoms with Crippen molar-refractivity contribution in [2.75, 3.05) is 4.31 Å². The zero-order valence-corrected chi connectivity index (χ0v) is 15.5. The van der Waals surface area contributed by atoms with E-state index in [2.05, 4.69) is 5.10 Å². The summed E-state index contributed by atoms with van der Waals surface area (Å²) in [4.78, 5) is 0.112. The predicted octanol–water partition coefficient (Wildman–Crippen LogP) is 3.91. The summed E-state index contributed by atoms with van der Waals surface area (Å²) in [5.41, 5.74) is 1.11. The Morgan fingerprint density at radius 1 is 1.17 bits per heavy atom. The van der Waals surface area contributed by atoms with E-state index in [0.29, 0.717) is 11.4 Å². The Kier molecular flexibility index (Phi) is 4.88. The van der Waals surface area contributed by atoms with Crippen LogP contribution in [-0.2, 0) is 17.1 Å². The summed E-state index contributed by atoms with van der Waals surface area (Å²) >= 11 is 6.26. The molecule has 1 aliphatic carbocycles. The number of aromatic nitrogens is 2. The van der Waals surface area contributed by atoms with E-state index in [4.69, 9.17) is 11.6 Å². The van der Waals surface area contributed by atoms with Crippen molar-refractivity contribution in [2.45, 2.75) is 50.0 Å². The first-order valence-electron chi connectivity index (χ1n) is 8.21. The third-order valence-electron chi connectivity index (χ3n) is 4.53. The number of rotatable bonds is 4. The molecule has 1 heterocycles. The Morgan fingerprint density at radius 2 is 1.79 bits per heavy atom. The Labute approximate surface area is 148 Å². The van der Waals surface area contributed by atoms with Crippen molar-refractivity contribution in [1.29, 1.82) is 0 Å². The number of hydrogen-bond acceptors (Lipinski definition) is 3. The van der Waals surface area contributed by atoms with E-state index in [1.807, 2.05) is 30.3 Å². The quantitative estimate of drug-likeness (QED) is 0.823. The standard InChI is InChI=1S/C17H22ClN3O2S/c1-13-16(17(18)20(2)19-13)24(22,23)21(14-9-5-3-6-10-14)15-11-7-4-8-12-15/h3,5-6,9-10,15H,4,7-8,11-12H2,1-2H3. The molecule has 0 spiro atoms. The van der Waals surface area contributed by atoms with Crippen molar-refractivity contribution in [2.24, 2.45) is 7.05 Å². The summed E-state index contributed by atoms with van der Waals surface area (Å²) in [5, 5.41) is 4.33. The Bertz CT molecular complexity index is 812. The minimum absolute atomic E-state index is 0.0400. The number of nitrogens with zero attached hydrogens (tertiary/aromatic N) is 3. The first-order chi connectivity index (χ1) is 11.4. The number of aryl methyl sites for hydroxylation is 2. The molecule has 1 aromatic carbocycles. The molecule has 1 aromatic heterocycles. The second kappa shape index (κ2) is 6.76. The van der Waals surface area contributed by atoms with Crippen LogP contribution in [0.15, 0.2) is 35.2 Å². The van der Waals surface area contributed by atoms with Gasteiger partial charge in [-0.25, -0.2) is 8.42 Å². The normalized spacial score (nSPS) is 16.3. The van der Waals surface area contributed by atoms with Gasteiger partial charge in [0.15, 0.2) is 0 Å². The molecule has 2 aromatic rings. The molecule has 1 aliphatic rings. The van der Waals surface area contributed by atoms with E-state index in [1.165, 1.54) is 4.68 Å². The van der Waals surface area contributed by atoms with Gasteiger partial charge in [0.05, 0.1) is 11.4 Å². The molecule has 0 amide bonds. The molecule has 1 fully saturated rings. The molecule has 1 saturated carbocycles. The van der Waals surface area contributed by atoms with Crippen molar-refractivity contribution < 1.29 is 8.42 Å². The number of halogens is 1. The molecule has 24 heavy (non-hydrogen) atoms. The maximum atomic E-state index is 13.5. The van der Waals surface area contributed by atoms with Gasteiger partial charge in [-0.15, -0.1) is 0 Å². The van der Waals surface area contributed by atoms with Crippen LogP contribution in [0.4, 0.5) is 5.69 Å².